The van der Waals surface area contributed by atoms with Crippen LogP contribution in [0.1, 0.15) is 20.8 Å². The summed E-state index contributed by atoms with van der Waals surface area (Å²) in [5.74, 6) is -0.166. The highest BCUT2D eigenvalue weighted by Gasteiger charge is 2.16. The number of nitrogens with zero attached hydrogens (tertiary/aromatic N) is 4. The fourth-order valence-electron chi connectivity index (χ4n) is 1.69. The van der Waals surface area contributed by atoms with E-state index in [2.05, 4.69) is 26.0 Å². The molecule has 23 heavy (non-hydrogen) atoms. The molecule has 0 saturated heterocycles. The molecule has 0 radical (unpaired) electrons. The van der Waals surface area contributed by atoms with E-state index >= 15 is 0 Å². The second-order valence-electron chi connectivity index (χ2n) is 5.90. The zero-order valence-electron chi connectivity index (χ0n) is 13.0. The molecule has 0 unspecified atom stereocenters. The monoisotopic (exact) mass is 336 g/mol. The maximum Gasteiger partial charge on any atom is 0.321 e. The van der Waals surface area contributed by atoms with Gasteiger partial charge in [0, 0.05) is 16.1 Å². The van der Waals surface area contributed by atoms with Crippen molar-refractivity contribution in [3.05, 3.63) is 29.3 Å². The first-order valence-electron chi connectivity index (χ1n) is 6.89. The second-order valence-corrected chi connectivity index (χ2v) is 6.34. The van der Waals surface area contributed by atoms with E-state index in [4.69, 9.17) is 11.6 Å². The van der Waals surface area contributed by atoms with E-state index in [0.717, 1.165) is 10.4 Å². The van der Waals surface area contributed by atoms with Gasteiger partial charge in [-0.15, -0.1) is 10.2 Å². The smallest absolute Gasteiger partial charge is 0.321 e. The van der Waals surface area contributed by atoms with Gasteiger partial charge < -0.3 is 5.32 Å². The number of carbonyl (C=O) groups is 2. The SMILES string of the molecule is CC(C)(C)NC(=O)NC(=O)Cn1nnc(-c2ccc(Cl)cc2)n1. The summed E-state index contributed by atoms with van der Waals surface area (Å²) in [7, 11) is 0. The number of amides is 3. The molecule has 8 nitrogen and oxygen atoms in total. The Morgan fingerprint density at radius 3 is 2.48 bits per heavy atom. The Kier molecular flexibility index (Phi) is 4.95. The molecule has 0 aliphatic heterocycles. The first-order valence-corrected chi connectivity index (χ1v) is 7.26. The number of imide groups is 1. The second kappa shape index (κ2) is 6.74. The molecule has 0 fully saturated rings. The molecule has 122 valence electrons. The summed E-state index contributed by atoms with van der Waals surface area (Å²) in [6.07, 6.45) is 0. The molecule has 3 amide bonds. The van der Waals surface area contributed by atoms with Crippen LogP contribution in [0.4, 0.5) is 4.79 Å². The summed E-state index contributed by atoms with van der Waals surface area (Å²) in [5, 5.41) is 17.2. The maximum absolute atomic E-state index is 11.8. The number of aromatic nitrogens is 4. The maximum atomic E-state index is 11.8. The Bertz CT molecular complexity index is 705. The van der Waals surface area contributed by atoms with Crippen molar-refractivity contribution < 1.29 is 9.59 Å². The van der Waals surface area contributed by atoms with E-state index in [-0.39, 0.29) is 6.54 Å². The van der Waals surface area contributed by atoms with Gasteiger partial charge in [-0.3, -0.25) is 10.1 Å². The number of tetrazole rings is 1. The predicted molar refractivity (Wildman–Crippen MR) is 84.7 cm³/mol. The summed E-state index contributed by atoms with van der Waals surface area (Å²) in [4.78, 5) is 24.5. The van der Waals surface area contributed by atoms with Crippen LogP contribution in [-0.4, -0.2) is 37.7 Å². The van der Waals surface area contributed by atoms with Crippen LogP contribution in [0.2, 0.25) is 5.02 Å². The van der Waals surface area contributed by atoms with Gasteiger partial charge in [0.25, 0.3) is 5.91 Å². The van der Waals surface area contributed by atoms with Crippen LogP contribution < -0.4 is 10.6 Å². The molecule has 9 heteroatoms. The van der Waals surface area contributed by atoms with Crippen molar-refractivity contribution >= 4 is 23.5 Å². The Hall–Kier alpha value is -2.48. The molecule has 2 N–H and O–H groups in total. The van der Waals surface area contributed by atoms with Gasteiger partial charge in [0.2, 0.25) is 5.82 Å². The van der Waals surface area contributed by atoms with Gasteiger partial charge >= 0.3 is 6.03 Å². The number of rotatable bonds is 3. The van der Waals surface area contributed by atoms with Gasteiger partial charge in [-0.25, -0.2) is 4.79 Å². The van der Waals surface area contributed by atoms with Crippen molar-refractivity contribution in [1.29, 1.82) is 0 Å². The number of benzene rings is 1. The van der Waals surface area contributed by atoms with Crippen LogP contribution in [0.5, 0.6) is 0 Å². The van der Waals surface area contributed by atoms with E-state index in [0.29, 0.717) is 10.8 Å². The quantitative estimate of drug-likeness (QED) is 0.886. The van der Waals surface area contributed by atoms with Crippen molar-refractivity contribution in [1.82, 2.24) is 30.8 Å². The molecule has 1 aromatic heterocycles. The van der Waals surface area contributed by atoms with E-state index in [1.165, 1.54) is 0 Å². The lowest BCUT2D eigenvalue weighted by molar-refractivity contribution is -0.121. The third-order valence-electron chi connectivity index (χ3n) is 2.58. The molecule has 0 saturated carbocycles. The Morgan fingerprint density at radius 1 is 1.22 bits per heavy atom. The van der Waals surface area contributed by atoms with Crippen LogP contribution in [0.15, 0.2) is 24.3 Å². The van der Waals surface area contributed by atoms with Crippen LogP contribution in [0.3, 0.4) is 0 Å². The molecule has 0 bridgehead atoms. The zero-order valence-corrected chi connectivity index (χ0v) is 13.8. The highest BCUT2D eigenvalue weighted by Crippen LogP contribution is 2.16. The average molecular weight is 337 g/mol. The Morgan fingerprint density at radius 2 is 1.87 bits per heavy atom. The fraction of sp³-hybridized carbons (Fsp3) is 0.357. The van der Waals surface area contributed by atoms with Gasteiger partial charge in [-0.2, -0.15) is 4.80 Å². The van der Waals surface area contributed by atoms with E-state index in [1.807, 2.05) is 20.8 Å². The van der Waals surface area contributed by atoms with Crippen molar-refractivity contribution in [3.63, 3.8) is 0 Å². The highest BCUT2D eigenvalue weighted by atomic mass is 35.5. The summed E-state index contributed by atoms with van der Waals surface area (Å²) < 4.78 is 0. The molecule has 0 aliphatic rings. The Labute approximate surface area is 138 Å². The first kappa shape index (κ1) is 16.9. The van der Waals surface area contributed by atoms with E-state index in [1.54, 1.807) is 24.3 Å². The van der Waals surface area contributed by atoms with Crippen molar-refractivity contribution in [2.75, 3.05) is 0 Å². The van der Waals surface area contributed by atoms with Crippen molar-refractivity contribution in [2.24, 2.45) is 0 Å². The summed E-state index contributed by atoms with van der Waals surface area (Å²) in [6.45, 7) is 5.23. The Balaban J connectivity index is 1.95. The molecule has 0 spiro atoms. The van der Waals surface area contributed by atoms with Gasteiger partial charge in [0.1, 0.15) is 6.54 Å². The average Bonchev–Trinajstić information content (AvgIpc) is 2.85. The lowest BCUT2D eigenvalue weighted by Gasteiger charge is -2.20. The number of hydrogen-bond donors (Lipinski definition) is 2. The largest absolute Gasteiger partial charge is 0.333 e. The third-order valence-corrected chi connectivity index (χ3v) is 2.83. The standard InChI is InChI=1S/C14H17ClN6O2/c1-14(2,3)17-13(23)16-11(22)8-21-19-12(18-20-21)9-4-6-10(15)7-5-9/h4-7H,8H2,1-3H3,(H2,16,17,22,23). The molecule has 1 aromatic carbocycles. The molecule has 0 aliphatic carbocycles. The van der Waals surface area contributed by atoms with Crippen molar-refractivity contribution in [2.45, 2.75) is 32.9 Å². The van der Waals surface area contributed by atoms with Crippen LogP contribution in [0.25, 0.3) is 11.4 Å². The van der Waals surface area contributed by atoms with Crippen LogP contribution >= 0.6 is 11.6 Å². The van der Waals surface area contributed by atoms with Crippen LogP contribution in [-0.2, 0) is 11.3 Å². The molecule has 1 heterocycles. The lowest BCUT2D eigenvalue weighted by atomic mass is 10.1. The minimum absolute atomic E-state index is 0.210. The molecular weight excluding hydrogens is 320 g/mol. The third kappa shape index (κ3) is 5.33. The summed E-state index contributed by atoms with van der Waals surface area (Å²) in [5.41, 5.74) is 0.295. The number of halogens is 1. The van der Waals surface area contributed by atoms with Crippen LogP contribution in [0, 0.1) is 0 Å². The van der Waals surface area contributed by atoms with Gasteiger partial charge in [-0.1, -0.05) is 11.6 Å². The van der Waals surface area contributed by atoms with Gasteiger partial charge in [-0.05, 0) is 50.3 Å². The van der Waals surface area contributed by atoms with E-state index < -0.39 is 17.5 Å². The van der Waals surface area contributed by atoms with Gasteiger partial charge in [0.15, 0.2) is 0 Å². The summed E-state index contributed by atoms with van der Waals surface area (Å²) in [6, 6.07) is 6.35. The zero-order chi connectivity index (χ0) is 17.0. The normalized spacial score (nSPS) is 11.1. The molecule has 2 rings (SSSR count). The number of urea groups is 1. The predicted octanol–water partition coefficient (Wildman–Crippen LogP) is 1.62. The summed E-state index contributed by atoms with van der Waals surface area (Å²) >= 11 is 5.81. The van der Waals surface area contributed by atoms with Crippen molar-refractivity contribution in [3.8, 4) is 11.4 Å². The molecule has 0 atom stereocenters. The van der Waals surface area contributed by atoms with Gasteiger partial charge in [0.05, 0.1) is 0 Å². The van der Waals surface area contributed by atoms with E-state index in [9.17, 15) is 9.59 Å². The molecule has 2 aromatic rings. The topological polar surface area (TPSA) is 102 Å². The lowest BCUT2D eigenvalue weighted by Crippen LogP contribution is -2.49. The minimum Gasteiger partial charge on any atom is -0.333 e. The number of hydrogen-bond acceptors (Lipinski definition) is 5. The highest BCUT2D eigenvalue weighted by molar-refractivity contribution is 6.30. The first-order chi connectivity index (χ1) is 10.7. The minimum atomic E-state index is -0.569. The number of carbonyl (C=O) groups excluding carboxylic acids is 2. The number of nitrogens with one attached hydrogen (secondary N) is 2. The fourth-order valence-corrected chi connectivity index (χ4v) is 1.82. The molecular formula is C14H17ClN6O2.